The lowest BCUT2D eigenvalue weighted by atomic mass is 10.0. The van der Waals surface area contributed by atoms with E-state index >= 15 is 0 Å². The van der Waals surface area contributed by atoms with E-state index in [0.717, 1.165) is 42.6 Å². The van der Waals surface area contributed by atoms with Gasteiger partial charge in [0.15, 0.2) is 0 Å². The van der Waals surface area contributed by atoms with Crippen molar-refractivity contribution >= 4 is 62.3 Å². The molecule has 5 aromatic rings. The number of anilines is 3. The normalized spacial score (nSPS) is 14.5. The van der Waals surface area contributed by atoms with Gasteiger partial charge in [-0.2, -0.15) is 0 Å². The highest BCUT2D eigenvalue weighted by atomic mass is 35.5. The van der Waals surface area contributed by atoms with Gasteiger partial charge in [0.1, 0.15) is 11.0 Å². The summed E-state index contributed by atoms with van der Waals surface area (Å²) in [5.74, 6) is 0.491. The molecule has 2 aromatic carbocycles. The van der Waals surface area contributed by atoms with Gasteiger partial charge in [0, 0.05) is 66.3 Å². The minimum atomic E-state index is 0.491. The van der Waals surface area contributed by atoms with E-state index in [4.69, 9.17) is 33.2 Å². The molecule has 7 nitrogen and oxygen atoms in total. The predicted octanol–water partition coefficient (Wildman–Crippen LogP) is 6.04. The Labute approximate surface area is 218 Å². The van der Waals surface area contributed by atoms with Gasteiger partial charge in [-0.05, 0) is 49.5 Å². The second-order valence-electron chi connectivity index (χ2n) is 8.87. The minimum absolute atomic E-state index is 0.491. The zero-order valence-electron chi connectivity index (χ0n) is 19.6. The molecule has 0 atom stereocenters. The van der Waals surface area contributed by atoms with Gasteiger partial charge in [0.2, 0.25) is 5.95 Å². The summed E-state index contributed by atoms with van der Waals surface area (Å²) in [6.45, 7) is 4.22. The monoisotopic (exact) mass is 515 g/mol. The molecule has 180 valence electrons. The van der Waals surface area contributed by atoms with Crippen molar-refractivity contribution in [3.05, 3.63) is 77.2 Å². The number of nitrogens with one attached hydrogen (secondary N) is 1. The van der Waals surface area contributed by atoms with Crippen LogP contribution in [0.15, 0.2) is 67.1 Å². The molecule has 1 N–H and O–H groups in total. The predicted molar refractivity (Wildman–Crippen MR) is 148 cm³/mol. The Balaban J connectivity index is 1.35. The van der Waals surface area contributed by atoms with Gasteiger partial charge in [-0.3, -0.25) is 4.98 Å². The first kappa shape index (κ1) is 22.9. The number of hydrogen-bond donors (Lipinski definition) is 1. The van der Waals surface area contributed by atoms with Gasteiger partial charge in [0.05, 0.1) is 21.9 Å². The Hall–Kier alpha value is -3.52. The highest BCUT2D eigenvalue weighted by Crippen LogP contribution is 2.39. The molecule has 0 bridgehead atoms. The lowest BCUT2D eigenvalue weighted by Crippen LogP contribution is -2.44. The maximum Gasteiger partial charge on any atom is 0.227 e. The van der Waals surface area contributed by atoms with Crippen LogP contribution in [0.5, 0.6) is 0 Å². The summed E-state index contributed by atoms with van der Waals surface area (Å²) in [4.78, 5) is 23.3. The van der Waals surface area contributed by atoms with Crippen LogP contribution in [-0.2, 0) is 0 Å². The third kappa shape index (κ3) is 4.30. The van der Waals surface area contributed by atoms with Crippen molar-refractivity contribution in [3.63, 3.8) is 0 Å². The van der Waals surface area contributed by atoms with Gasteiger partial charge in [-0.25, -0.2) is 15.0 Å². The van der Waals surface area contributed by atoms with Gasteiger partial charge in [-0.1, -0.05) is 29.3 Å². The molecule has 1 aliphatic rings. The molecule has 6 rings (SSSR count). The van der Waals surface area contributed by atoms with Gasteiger partial charge in [0.25, 0.3) is 0 Å². The zero-order chi connectivity index (χ0) is 24.6. The maximum atomic E-state index is 6.51. The fourth-order valence-electron chi connectivity index (χ4n) is 4.55. The SMILES string of the molecule is CN1CCN(c2ccc(Nc3ncc4nc(-c5c(Cl)cccc5Cl)c5ccncc5c4n3)cc2)CC1. The summed E-state index contributed by atoms with van der Waals surface area (Å²) in [6, 6.07) is 15.7. The summed E-state index contributed by atoms with van der Waals surface area (Å²) in [7, 11) is 2.16. The van der Waals surface area contributed by atoms with Crippen LogP contribution in [0.4, 0.5) is 17.3 Å². The molecule has 0 amide bonds. The molecule has 0 unspecified atom stereocenters. The summed E-state index contributed by atoms with van der Waals surface area (Å²) >= 11 is 13.0. The average molecular weight is 516 g/mol. The van der Waals surface area contributed by atoms with Crippen LogP contribution in [0, 0.1) is 0 Å². The first-order chi connectivity index (χ1) is 17.6. The van der Waals surface area contributed by atoms with Crippen LogP contribution in [0.3, 0.4) is 0 Å². The van der Waals surface area contributed by atoms with E-state index in [0.29, 0.717) is 38.3 Å². The Morgan fingerprint density at radius 3 is 2.33 bits per heavy atom. The largest absolute Gasteiger partial charge is 0.369 e. The number of hydrogen-bond acceptors (Lipinski definition) is 7. The molecule has 0 saturated carbocycles. The fraction of sp³-hybridized carbons (Fsp3) is 0.185. The highest BCUT2D eigenvalue weighted by molar-refractivity contribution is 6.39. The number of pyridine rings is 2. The number of nitrogens with zero attached hydrogens (tertiary/aromatic N) is 6. The van der Waals surface area contributed by atoms with E-state index in [1.54, 1.807) is 30.7 Å². The molecule has 36 heavy (non-hydrogen) atoms. The van der Waals surface area contributed by atoms with Crippen LogP contribution < -0.4 is 10.2 Å². The van der Waals surface area contributed by atoms with Gasteiger partial charge >= 0.3 is 0 Å². The summed E-state index contributed by atoms with van der Waals surface area (Å²) < 4.78 is 0. The van der Waals surface area contributed by atoms with Gasteiger partial charge in [-0.15, -0.1) is 0 Å². The van der Waals surface area contributed by atoms with E-state index in [1.807, 2.05) is 12.1 Å². The molecular formula is C27H23Cl2N7. The Morgan fingerprint density at radius 2 is 1.58 bits per heavy atom. The van der Waals surface area contributed by atoms with Gasteiger partial charge < -0.3 is 15.1 Å². The van der Waals surface area contributed by atoms with Crippen LogP contribution in [0.25, 0.3) is 33.1 Å². The minimum Gasteiger partial charge on any atom is -0.369 e. The molecule has 0 spiro atoms. The smallest absolute Gasteiger partial charge is 0.227 e. The van der Waals surface area contributed by atoms with Crippen molar-refractivity contribution < 1.29 is 0 Å². The van der Waals surface area contributed by atoms with Crippen molar-refractivity contribution in [1.29, 1.82) is 0 Å². The van der Waals surface area contributed by atoms with Crippen LogP contribution >= 0.6 is 23.2 Å². The van der Waals surface area contributed by atoms with E-state index in [1.165, 1.54) is 5.69 Å². The van der Waals surface area contributed by atoms with Crippen molar-refractivity contribution in [2.24, 2.45) is 0 Å². The fourth-order valence-corrected chi connectivity index (χ4v) is 5.13. The number of fused-ring (bicyclic) bond motifs is 3. The first-order valence-electron chi connectivity index (χ1n) is 11.7. The zero-order valence-corrected chi connectivity index (χ0v) is 21.1. The molecule has 1 fully saturated rings. The van der Waals surface area contributed by atoms with Crippen molar-refractivity contribution in [2.45, 2.75) is 0 Å². The molecular weight excluding hydrogens is 493 g/mol. The Kier molecular flexibility index (Phi) is 6.05. The first-order valence-corrected chi connectivity index (χ1v) is 12.5. The number of likely N-dealkylation sites (N-methyl/N-ethyl adjacent to an activating group) is 1. The number of halogens is 2. The molecule has 1 aliphatic heterocycles. The Morgan fingerprint density at radius 1 is 0.833 bits per heavy atom. The molecule has 3 aromatic heterocycles. The van der Waals surface area contributed by atoms with E-state index < -0.39 is 0 Å². The van der Waals surface area contributed by atoms with E-state index in [-0.39, 0.29) is 0 Å². The standard InChI is InChI=1S/C27H23Cl2N7/c1-35-11-13-36(14-12-35)18-7-5-17(6-8-18)32-27-31-16-23-25(34-27)20-15-30-10-9-19(20)26(33-23)24-21(28)3-2-4-22(24)29/h2-10,15-16H,11-14H2,1H3,(H,31,32,34). The van der Waals surface area contributed by atoms with Crippen LogP contribution in [0.2, 0.25) is 10.0 Å². The summed E-state index contributed by atoms with van der Waals surface area (Å²) in [5.41, 5.74) is 4.84. The summed E-state index contributed by atoms with van der Waals surface area (Å²) in [6.07, 6.45) is 5.23. The number of rotatable bonds is 4. The molecule has 1 saturated heterocycles. The van der Waals surface area contributed by atoms with Crippen molar-refractivity contribution in [1.82, 2.24) is 24.8 Å². The number of piperazine rings is 1. The van der Waals surface area contributed by atoms with Crippen molar-refractivity contribution in [2.75, 3.05) is 43.4 Å². The molecule has 9 heteroatoms. The van der Waals surface area contributed by atoms with E-state index in [9.17, 15) is 0 Å². The van der Waals surface area contributed by atoms with Crippen molar-refractivity contribution in [3.8, 4) is 11.3 Å². The maximum absolute atomic E-state index is 6.51. The average Bonchev–Trinajstić information content (AvgIpc) is 2.90. The Bertz CT molecular complexity index is 1540. The summed E-state index contributed by atoms with van der Waals surface area (Å²) in [5, 5.41) is 6.11. The third-order valence-electron chi connectivity index (χ3n) is 6.52. The number of aromatic nitrogens is 4. The molecule has 0 radical (unpaired) electrons. The third-order valence-corrected chi connectivity index (χ3v) is 7.15. The highest BCUT2D eigenvalue weighted by Gasteiger charge is 2.18. The van der Waals surface area contributed by atoms with Crippen LogP contribution in [0.1, 0.15) is 0 Å². The van der Waals surface area contributed by atoms with E-state index in [2.05, 4.69) is 56.4 Å². The lowest BCUT2D eigenvalue weighted by molar-refractivity contribution is 0.313. The molecule has 4 heterocycles. The quantitative estimate of drug-likeness (QED) is 0.292. The lowest BCUT2D eigenvalue weighted by Gasteiger charge is -2.34. The number of benzene rings is 2. The second kappa shape index (κ2) is 9.50. The topological polar surface area (TPSA) is 70.1 Å². The second-order valence-corrected chi connectivity index (χ2v) is 9.68. The molecule has 0 aliphatic carbocycles. The van der Waals surface area contributed by atoms with Crippen LogP contribution in [-0.4, -0.2) is 58.1 Å².